The van der Waals surface area contributed by atoms with Crippen LogP contribution in [0.25, 0.3) is 0 Å². The van der Waals surface area contributed by atoms with Gasteiger partial charge < -0.3 is 10.6 Å². The summed E-state index contributed by atoms with van der Waals surface area (Å²) in [6.45, 7) is 2.36. The Hall–Kier alpha value is -1.79. The van der Waals surface area contributed by atoms with Gasteiger partial charge in [0.2, 0.25) is 0 Å². The summed E-state index contributed by atoms with van der Waals surface area (Å²) < 4.78 is 35.7. The summed E-state index contributed by atoms with van der Waals surface area (Å²) in [5.74, 6) is -0.605. The Bertz CT molecular complexity index is 404. The Morgan fingerprint density at radius 3 is 2.58 bits per heavy atom. The predicted octanol–water partition coefficient (Wildman–Crippen LogP) is 2.59. The Kier molecular flexibility index (Phi) is 5.59. The molecule has 0 spiro atoms. The molecule has 0 bridgehead atoms. The predicted molar refractivity (Wildman–Crippen MR) is 66.0 cm³/mol. The molecule has 0 aromatic carbocycles. The Morgan fingerprint density at radius 2 is 2.05 bits per heavy atom. The lowest BCUT2D eigenvalue weighted by Gasteiger charge is -2.08. The number of halogens is 3. The van der Waals surface area contributed by atoms with Crippen molar-refractivity contribution >= 4 is 11.6 Å². The summed E-state index contributed by atoms with van der Waals surface area (Å²) in [5, 5.41) is 5.26. The number of carbonyl (C=O) groups is 1. The summed E-state index contributed by atoms with van der Waals surface area (Å²) in [6, 6.07) is 3.14. The molecule has 106 valence electrons. The zero-order chi connectivity index (χ0) is 14.3. The van der Waals surface area contributed by atoms with Gasteiger partial charge in [-0.3, -0.25) is 4.79 Å². The van der Waals surface area contributed by atoms with E-state index in [-0.39, 0.29) is 5.69 Å². The number of carbonyl (C=O) groups excluding carboxylic acids is 1. The Morgan fingerprint density at radius 1 is 1.32 bits per heavy atom. The van der Waals surface area contributed by atoms with Gasteiger partial charge in [-0.1, -0.05) is 6.92 Å². The smallest absolute Gasteiger partial charge is 0.384 e. The molecule has 0 saturated carbocycles. The number of nitrogens with zero attached hydrogens (tertiary/aromatic N) is 1. The normalized spacial score (nSPS) is 11.2. The fourth-order valence-electron chi connectivity index (χ4n) is 1.31. The Labute approximate surface area is 109 Å². The summed E-state index contributed by atoms with van der Waals surface area (Å²) in [5.41, 5.74) is 0.873. The number of aromatic nitrogens is 1. The summed E-state index contributed by atoms with van der Waals surface area (Å²) >= 11 is 0. The SMILES string of the molecule is CCCNc1ccc(C(=O)NCCC(F)(F)F)nc1. The number of amides is 1. The largest absolute Gasteiger partial charge is 0.390 e. The first kappa shape index (κ1) is 15.3. The molecule has 0 atom stereocenters. The molecule has 1 aromatic heterocycles. The van der Waals surface area contributed by atoms with Gasteiger partial charge in [0.1, 0.15) is 5.69 Å². The van der Waals surface area contributed by atoms with E-state index >= 15 is 0 Å². The van der Waals surface area contributed by atoms with Crippen molar-refractivity contribution < 1.29 is 18.0 Å². The molecule has 0 unspecified atom stereocenters. The number of hydrogen-bond acceptors (Lipinski definition) is 3. The average molecular weight is 275 g/mol. The molecule has 1 rings (SSSR count). The van der Waals surface area contributed by atoms with Gasteiger partial charge in [0, 0.05) is 13.1 Å². The van der Waals surface area contributed by atoms with Crippen LogP contribution in [0.1, 0.15) is 30.3 Å². The van der Waals surface area contributed by atoms with Crippen LogP contribution in [0.3, 0.4) is 0 Å². The van der Waals surface area contributed by atoms with Crippen molar-refractivity contribution in [2.75, 3.05) is 18.4 Å². The lowest BCUT2D eigenvalue weighted by Crippen LogP contribution is -2.28. The molecule has 0 aliphatic rings. The van der Waals surface area contributed by atoms with E-state index in [0.29, 0.717) is 0 Å². The van der Waals surface area contributed by atoms with Crippen molar-refractivity contribution in [1.82, 2.24) is 10.3 Å². The molecule has 0 radical (unpaired) electrons. The maximum atomic E-state index is 11.9. The first-order valence-electron chi connectivity index (χ1n) is 5.97. The second kappa shape index (κ2) is 6.96. The van der Waals surface area contributed by atoms with Gasteiger partial charge in [-0.2, -0.15) is 13.2 Å². The van der Waals surface area contributed by atoms with Gasteiger partial charge in [-0.15, -0.1) is 0 Å². The number of nitrogens with one attached hydrogen (secondary N) is 2. The topological polar surface area (TPSA) is 54.0 Å². The van der Waals surface area contributed by atoms with Crippen LogP contribution in [0.4, 0.5) is 18.9 Å². The molecule has 0 aliphatic heterocycles. The van der Waals surface area contributed by atoms with E-state index in [9.17, 15) is 18.0 Å². The van der Waals surface area contributed by atoms with Crippen LogP contribution < -0.4 is 10.6 Å². The fourth-order valence-corrected chi connectivity index (χ4v) is 1.31. The van der Waals surface area contributed by atoms with Crippen molar-refractivity contribution in [3.05, 3.63) is 24.0 Å². The second-order valence-electron chi connectivity index (χ2n) is 3.98. The molecule has 1 amide bonds. The van der Waals surface area contributed by atoms with Crippen molar-refractivity contribution in [2.45, 2.75) is 25.9 Å². The maximum absolute atomic E-state index is 11.9. The molecular formula is C12H16F3N3O. The minimum Gasteiger partial charge on any atom is -0.384 e. The molecule has 4 nitrogen and oxygen atoms in total. The molecule has 0 fully saturated rings. The van der Waals surface area contributed by atoms with Gasteiger partial charge in [0.25, 0.3) is 5.91 Å². The third kappa shape index (κ3) is 6.08. The van der Waals surface area contributed by atoms with E-state index in [4.69, 9.17) is 0 Å². The highest BCUT2D eigenvalue weighted by molar-refractivity contribution is 5.92. The molecule has 1 aromatic rings. The third-order valence-electron chi connectivity index (χ3n) is 2.27. The van der Waals surface area contributed by atoms with Crippen LogP contribution in [0.5, 0.6) is 0 Å². The molecule has 0 aliphatic carbocycles. The lowest BCUT2D eigenvalue weighted by atomic mass is 10.3. The highest BCUT2D eigenvalue weighted by Crippen LogP contribution is 2.18. The molecule has 0 saturated heterocycles. The molecule has 1 heterocycles. The molecular weight excluding hydrogens is 259 g/mol. The standard InChI is InChI=1S/C12H16F3N3O/c1-2-6-16-9-3-4-10(18-8-9)11(19)17-7-5-12(13,14)15/h3-4,8,16H,2,5-7H2,1H3,(H,17,19). The zero-order valence-corrected chi connectivity index (χ0v) is 10.5. The van der Waals surface area contributed by atoms with Crippen LogP contribution in [0, 0.1) is 0 Å². The van der Waals surface area contributed by atoms with E-state index < -0.39 is 25.0 Å². The summed E-state index contributed by atoms with van der Waals surface area (Å²) in [4.78, 5) is 15.4. The van der Waals surface area contributed by atoms with E-state index in [0.717, 1.165) is 18.7 Å². The molecule has 19 heavy (non-hydrogen) atoms. The molecule has 7 heteroatoms. The first-order valence-corrected chi connectivity index (χ1v) is 5.97. The highest BCUT2D eigenvalue weighted by atomic mass is 19.4. The second-order valence-corrected chi connectivity index (χ2v) is 3.98. The fraction of sp³-hybridized carbons (Fsp3) is 0.500. The highest BCUT2D eigenvalue weighted by Gasteiger charge is 2.26. The number of hydrogen-bond donors (Lipinski definition) is 2. The van der Waals surface area contributed by atoms with E-state index in [1.54, 1.807) is 6.07 Å². The van der Waals surface area contributed by atoms with E-state index in [1.807, 2.05) is 6.92 Å². The van der Waals surface area contributed by atoms with Gasteiger partial charge >= 0.3 is 6.18 Å². The van der Waals surface area contributed by atoms with Crippen molar-refractivity contribution in [3.63, 3.8) is 0 Å². The minimum absolute atomic E-state index is 0.101. The lowest BCUT2D eigenvalue weighted by molar-refractivity contribution is -0.132. The summed E-state index contributed by atoms with van der Waals surface area (Å²) in [7, 11) is 0. The number of anilines is 1. The molecule has 2 N–H and O–H groups in total. The quantitative estimate of drug-likeness (QED) is 0.839. The summed E-state index contributed by atoms with van der Waals surface area (Å²) in [6.07, 6.45) is -2.88. The van der Waals surface area contributed by atoms with Crippen molar-refractivity contribution in [1.29, 1.82) is 0 Å². The van der Waals surface area contributed by atoms with Crippen LogP contribution in [-0.4, -0.2) is 30.2 Å². The maximum Gasteiger partial charge on any atom is 0.390 e. The van der Waals surface area contributed by atoms with Gasteiger partial charge in [-0.05, 0) is 18.6 Å². The van der Waals surface area contributed by atoms with Gasteiger partial charge in [0.15, 0.2) is 0 Å². The van der Waals surface area contributed by atoms with Crippen LogP contribution >= 0.6 is 0 Å². The van der Waals surface area contributed by atoms with Gasteiger partial charge in [0.05, 0.1) is 18.3 Å². The first-order chi connectivity index (χ1) is 8.92. The van der Waals surface area contributed by atoms with Crippen molar-refractivity contribution in [3.8, 4) is 0 Å². The number of pyridine rings is 1. The van der Waals surface area contributed by atoms with Crippen LogP contribution in [0.15, 0.2) is 18.3 Å². The van der Waals surface area contributed by atoms with E-state index in [1.165, 1.54) is 12.3 Å². The van der Waals surface area contributed by atoms with Crippen molar-refractivity contribution in [2.24, 2.45) is 0 Å². The minimum atomic E-state index is -4.27. The average Bonchev–Trinajstić information content (AvgIpc) is 2.35. The van der Waals surface area contributed by atoms with Gasteiger partial charge in [-0.25, -0.2) is 4.98 Å². The van der Waals surface area contributed by atoms with Crippen LogP contribution in [-0.2, 0) is 0 Å². The monoisotopic (exact) mass is 275 g/mol. The number of rotatable bonds is 6. The van der Waals surface area contributed by atoms with Crippen LogP contribution in [0.2, 0.25) is 0 Å². The third-order valence-corrected chi connectivity index (χ3v) is 2.27. The Balaban J connectivity index is 2.44. The zero-order valence-electron chi connectivity index (χ0n) is 10.5. The number of alkyl halides is 3. The van der Waals surface area contributed by atoms with E-state index in [2.05, 4.69) is 15.6 Å².